The summed E-state index contributed by atoms with van der Waals surface area (Å²) in [5.41, 5.74) is 2.57. The maximum Gasteiger partial charge on any atom is 0.337 e. The Balaban J connectivity index is 2.28. The molecule has 0 saturated carbocycles. The van der Waals surface area contributed by atoms with Gasteiger partial charge in [-0.15, -0.1) is 0 Å². The lowest BCUT2D eigenvalue weighted by atomic mass is 10.0. The molecular formula is C14H14N2O2. The van der Waals surface area contributed by atoms with Crippen molar-refractivity contribution in [1.29, 1.82) is 0 Å². The van der Waals surface area contributed by atoms with Crippen molar-refractivity contribution < 1.29 is 9.53 Å². The Labute approximate surface area is 105 Å². The number of rotatable bonds is 1. The summed E-state index contributed by atoms with van der Waals surface area (Å²) < 4.78 is 4.84. The van der Waals surface area contributed by atoms with Gasteiger partial charge in [-0.1, -0.05) is 18.2 Å². The third kappa shape index (κ3) is 1.66. The number of benzene rings is 1. The van der Waals surface area contributed by atoms with Crippen molar-refractivity contribution in [3.05, 3.63) is 46.1 Å². The first-order valence-corrected chi connectivity index (χ1v) is 6.01. The molecule has 0 atom stereocenters. The number of methoxy groups -OCH3 is 1. The van der Waals surface area contributed by atoms with Crippen LogP contribution in [0.15, 0.2) is 40.5 Å². The maximum atomic E-state index is 11.8. The number of carbonyl (C=O) groups excluding carboxylic acids is 1. The van der Waals surface area contributed by atoms with Gasteiger partial charge in [0.2, 0.25) is 0 Å². The van der Waals surface area contributed by atoms with Crippen LogP contribution in [-0.2, 0) is 9.53 Å². The molecule has 1 aromatic carbocycles. The second kappa shape index (κ2) is 4.38. The Morgan fingerprint density at radius 3 is 3.06 bits per heavy atom. The second-order valence-electron chi connectivity index (χ2n) is 4.35. The number of ether oxygens (including phenoxy) is 1. The van der Waals surface area contributed by atoms with Crippen LogP contribution in [0.3, 0.4) is 0 Å². The van der Waals surface area contributed by atoms with Gasteiger partial charge in [0.15, 0.2) is 0 Å². The number of nitrogens with one attached hydrogen (secondary N) is 1. The van der Waals surface area contributed by atoms with Crippen LogP contribution in [0.1, 0.15) is 6.42 Å². The van der Waals surface area contributed by atoms with E-state index in [9.17, 15) is 4.79 Å². The van der Waals surface area contributed by atoms with Crippen molar-refractivity contribution in [2.45, 2.75) is 6.42 Å². The van der Waals surface area contributed by atoms with E-state index in [1.165, 1.54) is 7.11 Å². The molecule has 2 aliphatic rings. The minimum absolute atomic E-state index is 0.298. The number of para-hydroxylation sites is 1. The lowest BCUT2D eigenvalue weighted by Crippen LogP contribution is -2.24. The van der Waals surface area contributed by atoms with E-state index in [0.29, 0.717) is 12.1 Å². The predicted octanol–water partition coefficient (Wildman–Crippen LogP) is -0.109. The van der Waals surface area contributed by atoms with Crippen molar-refractivity contribution in [2.24, 2.45) is 4.99 Å². The molecular weight excluding hydrogens is 228 g/mol. The molecule has 18 heavy (non-hydrogen) atoms. The van der Waals surface area contributed by atoms with Gasteiger partial charge in [0.05, 0.1) is 23.7 Å². The molecule has 0 bridgehead atoms. The van der Waals surface area contributed by atoms with Crippen LogP contribution >= 0.6 is 0 Å². The minimum Gasteiger partial charge on any atom is -0.466 e. The molecule has 0 fully saturated rings. The zero-order valence-electron chi connectivity index (χ0n) is 10.2. The highest BCUT2D eigenvalue weighted by Gasteiger charge is 2.24. The first-order valence-electron chi connectivity index (χ1n) is 6.01. The number of allylic oxidation sites excluding steroid dienone is 1. The monoisotopic (exact) mass is 242 g/mol. The molecule has 0 spiro atoms. The van der Waals surface area contributed by atoms with Crippen molar-refractivity contribution in [1.82, 2.24) is 5.32 Å². The summed E-state index contributed by atoms with van der Waals surface area (Å²) in [6, 6.07) is 8.00. The second-order valence-corrected chi connectivity index (χ2v) is 4.35. The summed E-state index contributed by atoms with van der Waals surface area (Å²) in [5.74, 6) is -0.298. The number of nitrogens with zero attached hydrogens (tertiary/aromatic N) is 1. The molecule has 0 aliphatic carbocycles. The zero-order valence-corrected chi connectivity index (χ0v) is 10.2. The number of hydrogen-bond acceptors (Lipinski definition) is 4. The van der Waals surface area contributed by atoms with Crippen molar-refractivity contribution in [2.75, 3.05) is 20.2 Å². The Kier molecular flexibility index (Phi) is 2.72. The highest BCUT2D eigenvalue weighted by atomic mass is 16.5. The third-order valence-corrected chi connectivity index (χ3v) is 3.32. The molecule has 3 rings (SSSR count). The Morgan fingerprint density at radius 1 is 1.39 bits per heavy atom. The fraction of sp³-hybridized carbons (Fsp3) is 0.286. The lowest BCUT2D eigenvalue weighted by molar-refractivity contribution is -0.136. The minimum atomic E-state index is -0.298. The molecule has 4 heteroatoms. The zero-order chi connectivity index (χ0) is 12.5. The molecule has 92 valence electrons. The molecule has 0 saturated heterocycles. The van der Waals surface area contributed by atoms with Gasteiger partial charge < -0.3 is 10.1 Å². The summed E-state index contributed by atoms with van der Waals surface area (Å²) in [6.07, 6.45) is 0.885. The molecule has 0 radical (unpaired) electrons. The largest absolute Gasteiger partial charge is 0.466 e. The van der Waals surface area contributed by atoms with Crippen LogP contribution in [-0.4, -0.2) is 26.2 Å². The highest BCUT2D eigenvalue weighted by Crippen LogP contribution is 2.23. The fourth-order valence-electron chi connectivity index (χ4n) is 2.45. The number of esters is 1. The van der Waals surface area contributed by atoms with Gasteiger partial charge in [0, 0.05) is 11.8 Å². The normalized spacial score (nSPS) is 17.7. The molecule has 4 nitrogen and oxygen atoms in total. The van der Waals surface area contributed by atoms with Gasteiger partial charge >= 0.3 is 5.97 Å². The molecule has 2 aliphatic heterocycles. The van der Waals surface area contributed by atoms with E-state index >= 15 is 0 Å². The lowest BCUT2D eigenvalue weighted by Gasteiger charge is -2.05. The standard InChI is InChI=1S/C14H14N2O2/c1-18-14(17)11-8-15-7-6-10-9-4-2-3-5-12(9)16-13(10)11/h2-5,15H,6-8H2,1H3. The van der Waals surface area contributed by atoms with E-state index in [1.54, 1.807) is 0 Å². The summed E-state index contributed by atoms with van der Waals surface area (Å²) in [4.78, 5) is 16.4. The van der Waals surface area contributed by atoms with Crippen LogP contribution in [0.5, 0.6) is 0 Å². The quantitative estimate of drug-likeness (QED) is 0.699. The number of fused-ring (bicyclic) bond motifs is 2. The first kappa shape index (κ1) is 11.2. The molecule has 0 aromatic heterocycles. The van der Waals surface area contributed by atoms with E-state index in [4.69, 9.17) is 4.74 Å². The van der Waals surface area contributed by atoms with E-state index < -0.39 is 0 Å². The van der Waals surface area contributed by atoms with E-state index in [1.807, 2.05) is 18.2 Å². The summed E-state index contributed by atoms with van der Waals surface area (Å²) in [5, 5.41) is 5.32. The summed E-state index contributed by atoms with van der Waals surface area (Å²) in [6.45, 7) is 1.37. The maximum absolute atomic E-state index is 11.8. The fourth-order valence-corrected chi connectivity index (χ4v) is 2.45. The first-order chi connectivity index (χ1) is 8.81. The van der Waals surface area contributed by atoms with Gasteiger partial charge in [-0.3, -0.25) is 0 Å². The van der Waals surface area contributed by atoms with Crippen molar-refractivity contribution >= 4 is 11.5 Å². The van der Waals surface area contributed by atoms with Crippen LogP contribution in [0.4, 0.5) is 0 Å². The van der Waals surface area contributed by atoms with Gasteiger partial charge in [-0.25, -0.2) is 9.79 Å². The SMILES string of the molecule is COC(=O)C1=C2N=c3ccccc3=C2CCNC1. The Hall–Kier alpha value is -1.94. The van der Waals surface area contributed by atoms with Crippen LogP contribution in [0.25, 0.3) is 5.57 Å². The highest BCUT2D eigenvalue weighted by molar-refractivity contribution is 5.93. The molecule has 0 amide bonds. The number of hydrogen-bond donors (Lipinski definition) is 1. The topological polar surface area (TPSA) is 50.7 Å². The average Bonchev–Trinajstić information content (AvgIpc) is 2.64. The van der Waals surface area contributed by atoms with Crippen molar-refractivity contribution in [3.8, 4) is 0 Å². The predicted molar refractivity (Wildman–Crippen MR) is 67.2 cm³/mol. The van der Waals surface area contributed by atoms with Gasteiger partial charge in [0.1, 0.15) is 0 Å². The number of carbonyl (C=O) groups is 1. The molecule has 2 heterocycles. The van der Waals surface area contributed by atoms with Gasteiger partial charge in [0.25, 0.3) is 0 Å². The van der Waals surface area contributed by atoms with E-state index in [0.717, 1.165) is 34.8 Å². The smallest absolute Gasteiger partial charge is 0.337 e. The molecule has 1 aromatic rings. The third-order valence-electron chi connectivity index (χ3n) is 3.32. The van der Waals surface area contributed by atoms with E-state index in [2.05, 4.69) is 16.4 Å². The Morgan fingerprint density at radius 2 is 2.22 bits per heavy atom. The van der Waals surface area contributed by atoms with Crippen LogP contribution in [0.2, 0.25) is 0 Å². The van der Waals surface area contributed by atoms with E-state index in [-0.39, 0.29) is 5.97 Å². The van der Waals surface area contributed by atoms with Gasteiger partial charge in [-0.05, 0) is 24.6 Å². The summed E-state index contributed by atoms with van der Waals surface area (Å²) in [7, 11) is 1.41. The molecule has 1 N–H and O–H groups in total. The van der Waals surface area contributed by atoms with Crippen LogP contribution in [0, 0.1) is 0 Å². The Bertz CT molecular complexity index is 659. The van der Waals surface area contributed by atoms with Crippen LogP contribution < -0.4 is 15.9 Å². The molecule has 0 unspecified atom stereocenters. The van der Waals surface area contributed by atoms with Crippen molar-refractivity contribution in [3.63, 3.8) is 0 Å². The van der Waals surface area contributed by atoms with Gasteiger partial charge in [-0.2, -0.15) is 0 Å². The summed E-state index contributed by atoms with van der Waals surface area (Å²) >= 11 is 0. The average molecular weight is 242 g/mol.